The zero-order chi connectivity index (χ0) is 20.8. The summed E-state index contributed by atoms with van der Waals surface area (Å²) < 4.78 is 18.5. The number of rotatable bonds is 7. The van der Waals surface area contributed by atoms with Crippen molar-refractivity contribution in [2.24, 2.45) is 0 Å². The van der Waals surface area contributed by atoms with E-state index in [1.807, 2.05) is 12.1 Å². The molecule has 29 heavy (non-hydrogen) atoms. The Balaban J connectivity index is 1.80. The third kappa shape index (κ3) is 5.16. The van der Waals surface area contributed by atoms with E-state index < -0.39 is 11.0 Å². The number of carbonyl (C=O) groups is 1. The van der Waals surface area contributed by atoms with Crippen molar-refractivity contribution in [3.8, 4) is 5.75 Å². The van der Waals surface area contributed by atoms with Gasteiger partial charge in [-0.1, -0.05) is 36.4 Å². The molecular weight excluding hydrogens is 375 g/mol. The van der Waals surface area contributed by atoms with Gasteiger partial charge in [-0.15, -0.1) is 0 Å². The van der Waals surface area contributed by atoms with Crippen LogP contribution in [0.5, 0.6) is 5.75 Å². The third-order valence-electron chi connectivity index (χ3n) is 4.47. The topological polar surface area (TPSA) is 81.5 Å². The summed E-state index contributed by atoms with van der Waals surface area (Å²) >= 11 is 0. The molecule has 0 aliphatic heterocycles. The minimum Gasteiger partial charge on any atom is -0.497 e. The fourth-order valence-corrected chi connectivity index (χ4v) is 2.94. The summed E-state index contributed by atoms with van der Waals surface area (Å²) in [6.45, 7) is 0. The maximum absolute atomic E-state index is 13.3. The Morgan fingerprint density at radius 3 is 2.07 bits per heavy atom. The zero-order valence-electron chi connectivity index (χ0n) is 15.7. The molecule has 148 valence electrons. The highest BCUT2D eigenvalue weighted by Gasteiger charge is 2.18. The quantitative estimate of drug-likeness (QED) is 0.481. The number of halogens is 1. The van der Waals surface area contributed by atoms with Crippen molar-refractivity contribution in [3.05, 3.63) is 105 Å². The van der Waals surface area contributed by atoms with E-state index in [9.17, 15) is 19.3 Å². The Morgan fingerprint density at radius 2 is 1.55 bits per heavy atom. The summed E-state index contributed by atoms with van der Waals surface area (Å²) in [5, 5.41) is 13.7. The number of amides is 1. The average molecular weight is 394 g/mol. The van der Waals surface area contributed by atoms with E-state index in [-0.39, 0.29) is 23.8 Å². The van der Waals surface area contributed by atoms with Gasteiger partial charge in [0.15, 0.2) is 0 Å². The second-order valence-corrected chi connectivity index (χ2v) is 6.43. The van der Waals surface area contributed by atoms with E-state index >= 15 is 0 Å². The third-order valence-corrected chi connectivity index (χ3v) is 4.47. The van der Waals surface area contributed by atoms with Gasteiger partial charge in [-0.05, 0) is 41.0 Å². The van der Waals surface area contributed by atoms with E-state index in [0.717, 1.165) is 11.1 Å². The molecule has 7 heteroatoms. The summed E-state index contributed by atoms with van der Waals surface area (Å²) in [6, 6.07) is 18.5. The highest BCUT2D eigenvalue weighted by molar-refractivity contribution is 5.79. The number of non-ortho nitro benzene ring substituents is 1. The van der Waals surface area contributed by atoms with Gasteiger partial charge in [0.05, 0.1) is 24.5 Å². The van der Waals surface area contributed by atoms with Crippen LogP contribution >= 0.6 is 0 Å². The Labute approximate surface area is 167 Å². The predicted molar refractivity (Wildman–Crippen MR) is 106 cm³/mol. The monoisotopic (exact) mass is 394 g/mol. The normalized spacial score (nSPS) is 11.5. The Hall–Kier alpha value is -3.74. The average Bonchev–Trinajstić information content (AvgIpc) is 2.73. The molecule has 1 unspecified atom stereocenters. The Bertz CT molecular complexity index is 987. The van der Waals surface area contributed by atoms with Crippen LogP contribution in [-0.2, 0) is 11.2 Å². The van der Waals surface area contributed by atoms with Crippen molar-refractivity contribution in [1.29, 1.82) is 0 Å². The molecule has 0 saturated heterocycles. The SMILES string of the molecule is COc1ccc(C(NC(=O)Cc2ccc([N+](=O)[O-])cc2)c2ccc(F)cc2)cc1. The van der Waals surface area contributed by atoms with Crippen molar-refractivity contribution in [1.82, 2.24) is 5.32 Å². The molecule has 6 nitrogen and oxygen atoms in total. The number of nitrogens with zero attached hydrogens (tertiary/aromatic N) is 1. The van der Waals surface area contributed by atoms with Gasteiger partial charge in [0.25, 0.3) is 5.69 Å². The number of nitrogens with one attached hydrogen (secondary N) is 1. The second kappa shape index (κ2) is 8.97. The van der Waals surface area contributed by atoms with Gasteiger partial charge >= 0.3 is 0 Å². The molecule has 0 aliphatic rings. The molecule has 0 aromatic heterocycles. The van der Waals surface area contributed by atoms with E-state index in [4.69, 9.17) is 4.74 Å². The van der Waals surface area contributed by atoms with Crippen molar-refractivity contribution in [2.75, 3.05) is 7.11 Å². The van der Waals surface area contributed by atoms with Crippen LogP contribution in [0.4, 0.5) is 10.1 Å². The van der Waals surface area contributed by atoms with Crippen molar-refractivity contribution < 1.29 is 18.8 Å². The molecular formula is C22H19FN2O4. The fraction of sp³-hybridized carbons (Fsp3) is 0.136. The molecule has 0 fully saturated rings. The molecule has 1 atom stereocenters. The van der Waals surface area contributed by atoms with E-state index in [1.54, 1.807) is 43.5 Å². The lowest BCUT2D eigenvalue weighted by atomic mass is 9.98. The number of methoxy groups -OCH3 is 1. The highest BCUT2D eigenvalue weighted by atomic mass is 19.1. The number of benzene rings is 3. The molecule has 0 aliphatic carbocycles. The number of nitro benzene ring substituents is 1. The number of nitro groups is 1. The van der Waals surface area contributed by atoms with Crippen LogP contribution in [-0.4, -0.2) is 17.9 Å². The lowest BCUT2D eigenvalue weighted by Crippen LogP contribution is -2.30. The lowest BCUT2D eigenvalue weighted by molar-refractivity contribution is -0.384. The first-order valence-corrected chi connectivity index (χ1v) is 8.88. The molecule has 0 heterocycles. The number of hydrogen-bond acceptors (Lipinski definition) is 4. The minimum absolute atomic E-state index is 0.0309. The molecule has 1 N–H and O–H groups in total. The molecule has 3 aromatic rings. The van der Waals surface area contributed by atoms with Gasteiger partial charge in [0.1, 0.15) is 11.6 Å². The van der Waals surface area contributed by atoms with Crippen LogP contribution in [0.3, 0.4) is 0 Å². The first kappa shape index (κ1) is 20.0. The standard InChI is InChI=1S/C22H19FN2O4/c1-29-20-12-6-17(7-13-20)22(16-4-8-18(23)9-5-16)24-21(26)14-15-2-10-19(11-3-15)25(27)28/h2-13,22H,14H2,1H3,(H,24,26). The number of hydrogen-bond donors (Lipinski definition) is 1. The van der Waals surface area contributed by atoms with Gasteiger partial charge < -0.3 is 10.1 Å². The van der Waals surface area contributed by atoms with Gasteiger partial charge in [0.2, 0.25) is 5.91 Å². The smallest absolute Gasteiger partial charge is 0.269 e. The lowest BCUT2D eigenvalue weighted by Gasteiger charge is -2.20. The first-order valence-electron chi connectivity index (χ1n) is 8.88. The number of ether oxygens (including phenoxy) is 1. The van der Waals surface area contributed by atoms with Gasteiger partial charge in [-0.3, -0.25) is 14.9 Å². The Kier molecular flexibility index (Phi) is 6.19. The summed E-state index contributed by atoms with van der Waals surface area (Å²) in [7, 11) is 1.57. The van der Waals surface area contributed by atoms with Crippen molar-refractivity contribution in [3.63, 3.8) is 0 Å². The van der Waals surface area contributed by atoms with Gasteiger partial charge in [0, 0.05) is 12.1 Å². The van der Waals surface area contributed by atoms with Crippen LogP contribution in [0.2, 0.25) is 0 Å². The molecule has 0 radical (unpaired) electrons. The van der Waals surface area contributed by atoms with Gasteiger partial charge in [-0.25, -0.2) is 4.39 Å². The van der Waals surface area contributed by atoms with Crippen molar-refractivity contribution >= 4 is 11.6 Å². The predicted octanol–water partition coefficient (Wildman–Crippen LogP) is 4.19. The van der Waals surface area contributed by atoms with E-state index in [0.29, 0.717) is 11.3 Å². The van der Waals surface area contributed by atoms with Crippen LogP contribution < -0.4 is 10.1 Å². The summed E-state index contributed by atoms with van der Waals surface area (Å²) in [5.41, 5.74) is 2.17. The van der Waals surface area contributed by atoms with Gasteiger partial charge in [-0.2, -0.15) is 0 Å². The second-order valence-electron chi connectivity index (χ2n) is 6.43. The maximum Gasteiger partial charge on any atom is 0.269 e. The van der Waals surface area contributed by atoms with Crippen LogP contribution in [0.25, 0.3) is 0 Å². The molecule has 0 spiro atoms. The molecule has 3 rings (SSSR count). The van der Waals surface area contributed by atoms with Crippen molar-refractivity contribution in [2.45, 2.75) is 12.5 Å². The highest BCUT2D eigenvalue weighted by Crippen LogP contribution is 2.25. The molecule has 0 bridgehead atoms. The van der Waals surface area contributed by atoms with Crippen LogP contribution in [0, 0.1) is 15.9 Å². The Morgan fingerprint density at radius 1 is 1.00 bits per heavy atom. The molecule has 0 saturated carbocycles. The van der Waals surface area contributed by atoms with E-state index in [2.05, 4.69) is 5.32 Å². The summed E-state index contributed by atoms with van der Waals surface area (Å²) in [4.78, 5) is 22.9. The van der Waals surface area contributed by atoms with Crippen LogP contribution in [0.1, 0.15) is 22.7 Å². The maximum atomic E-state index is 13.3. The largest absolute Gasteiger partial charge is 0.497 e. The molecule has 1 amide bonds. The summed E-state index contributed by atoms with van der Waals surface area (Å²) in [6.07, 6.45) is 0.0614. The fourth-order valence-electron chi connectivity index (χ4n) is 2.94. The number of carbonyl (C=O) groups excluding carboxylic acids is 1. The van der Waals surface area contributed by atoms with Crippen LogP contribution in [0.15, 0.2) is 72.8 Å². The van der Waals surface area contributed by atoms with E-state index in [1.165, 1.54) is 24.3 Å². The summed E-state index contributed by atoms with van der Waals surface area (Å²) in [5.74, 6) is 0.0623. The first-order chi connectivity index (χ1) is 14.0. The molecule has 3 aromatic carbocycles. The zero-order valence-corrected chi connectivity index (χ0v) is 15.7. The minimum atomic E-state index is -0.488.